The zero-order valence-electron chi connectivity index (χ0n) is 18.5. The molecule has 0 radical (unpaired) electrons. The zero-order valence-corrected chi connectivity index (χ0v) is 21.7. The van der Waals surface area contributed by atoms with Gasteiger partial charge in [-0.15, -0.1) is 0 Å². The number of rotatable bonds is 7. The molecule has 0 saturated carbocycles. The van der Waals surface area contributed by atoms with Crippen molar-refractivity contribution in [1.29, 1.82) is 0 Å². The number of sulfonamides is 1. The summed E-state index contributed by atoms with van der Waals surface area (Å²) in [4.78, 5) is -3.05. The minimum absolute atomic E-state index is 0.0187. The fraction of sp³-hybridized carbons (Fsp3) is 0.143. The van der Waals surface area contributed by atoms with Gasteiger partial charge in [0.1, 0.15) is 10.7 Å². The van der Waals surface area contributed by atoms with Crippen LogP contribution in [0.5, 0.6) is 0 Å². The summed E-state index contributed by atoms with van der Waals surface area (Å²) in [5.74, 6) is -1.22. The largest absolute Gasteiger partial charge is 0.511 e. The second-order valence-corrected chi connectivity index (χ2v) is 13.5. The molecule has 1 atom stereocenters. The summed E-state index contributed by atoms with van der Waals surface area (Å²) >= 11 is 5.91. The Morgan fingerprint density at radius 1 is 0.865 bits per heavy atom. The first kappa shape index (κ1) is 28.8. The molecule has 0 aliphatic carbocycles. The van der Waals surface area contributed by atoms with E-state index in [0.717, 1.165) is 67.6 Å². The number of alkyl halides is 3. The highest BCUT2D eigenvalue weighted by atomic mass is 35.5. The molecule has 16 heteroatoms. The van der Waals surface area contributed by atoms with E-state index in [-0.39, 0.29) is 10.6 Å². The maximum Gasteiger partial charge on any atom is 0.511 e. The lowest BCUT2D eigenvalue weighted by molar-refractivity contribution is -0.0450. The van der Waals surface area contributed by atoms with Crippen molar-refractivity contribution in [3.05, 3.63) is 77.1 Å². The van der Waals surface area contributed by atoms with Crippen LogP contribution in [0.1, 0.15) is 18.5 Å². The van der Waals surface area contributed by atoms with Crippen LogP contribution in [0.15, 0.2) is 80.2 Å². The lowest BCUT2D eigenvalue weighted by Gasteiger charge is -2.17. The van der Waals surface area contributed by atoms with E-state index in [9.17, 15) is 42.8 Å². The Labute approximate surface area is 215 Å². The summed E-state index contributed by atoms with van der Waals surface area (Å²) in [6, 6.07) is 8.53. The summed E-state index contributed by atoms with van der Waals surface area (Å²) in [6.07, 6.45) is 0. The number of hydrogen-bond acceptors (Lipinski definition) is 7. The molecule has 3 aromatic rings. The Hall–Kier alpha value is -2.72. The molecule has 3 rings (SSSR count). The van der Waals surface area contributed by atoms with E-state index in [4.69, 9.17) is 17.3 Å². The third kappa shape index (κ3) is 5.60. The third-order valence-electron chi connectivity index (χ3n) is 5.08. The van der Waals surface area contributed by atoms with Gasteiger partial charge in [0.15, 0.2) is 0 Å². The number of anilines is 1. The number of nitrogens with two attached hydrogens (primary N) is 1. The third-order valence-corrected chi connectivity index (χ3v) is 10.4. The monoisotopic (exact) mass is 600 g/mol. The first-order valence-electron chi connectivity index (χ1n) is 9.92. The van der Waals surface area contributed by atoms with Crippen molar-refractivity contribution in [2.24, 2.45) is 0 Å². The first-order chi connectivity index (χ1) is 16.9. The van der Waals surface area contributed by atoms with Crippen molar-refractivity contribution in [3.63, 3.8) is 0 Å². The Bertz CT molecular complexity index is 1660. The van der Waals surface area contributed by atoms with Crippen LogP contribution in [0.3, 0.4) is 0 Å². The molecule has 0 heterocycles. The number of nitrogen functional groups attached to an aromatic ring is 1. The van der Waals surface area contributed by atoms with Gasteiger partial charge in [-0.25, -0.2) is 34.4 Å². The van der Waals surface area contributed by atoms with E-state index >= 15 is 0 Å². The van der Waals surface area contributed by atoms with Crippen molar-refractivity contribution in [2.45, 2.75) is 38.1 Å². The number of hydrogen-bond donors (Lipinski definition) is 2. The molecule has 3 N–H and O–H groups in total. The first-order valence-corrected chi connectivity index (χ1v) is 14.7. The maximum absolute atomic E-state index is 14.4. The van der Waals surface area contributed by atoms with Gasteiger partial charge in [0.25, 0.3) is 0 Å². The molecule has 0 saturated heterocycles. The van der Waals surface area contributed by atoms with Crippen molar-refractivity contribution in [3.8, 4) is 0 Å². The van der Waals surface area contributed by atoms with Crippen LogP contribution in [0, 0.1) is 5.82 Å². The van der Waals surface area contributed by atoms with Crippen LogP contribution in [-0.2, 0) is 29.7 Å². The Balaban J connectivity index is 2.08. The van der Waals surface area contributed by atoms with E-state index in [2.05, 4.69) is 0 Å². The van der Waals surface area contributed by atoms with Gasteiger partial charge < -0.3 is 5.73 Å². The van der Waals surface area contributed by atoms with E-state index < -0.39 is 72.3 Å². The number of sulfone groups is 2. The second-order valence-electron chi connectivity index (χ2n) is 7.61. The quantitative estimate of drug-likeness (QED) is 0.305. The molecule has 8 nitrogen and oxygen atoms in total. The molecule has 0 amide bonds. The minimum atomic E-state index is -5.67. The van der Waals surface area contributed by atoms with Gasteiger partial charge >= 0.3 is 15.5 Å². The molecule has 3 aromatic carbocycles. The summed E-state index contributed by atoms with van der Waals surface area (Å²) in [6.45, 7) is 1.11. The number of halogens is 5. The lowest BCUT2D eigenvalue weighted by atomic mass is 10.1. The standard InChI is InChI=1S/C21H17ClF4N2O6S3/c1-12(28-37(33,34)21(24,25)26)13-5-8-15(9-6-13)35(29,30)18-10-7-14(22)11-19(18)36(31,32)20-16(23)3-2-4-17(20)27/h2-12,28H,27H2,1H3/t12-/m0/s1. The van der Waals surface area contributed by atoms with Crippen LogP contribution in [0.4, 0.5) is 23.2 Å². The molecule has 0 aliphatic rings. The van der Waals surface area contributed by atoms with Gasteiger partial charge in [0.05, 0.1) is 20.4 Å². The molecule has 0 spiro atoms. The van der Waals surface area contributed by atoms with Gasteiger partial charge in [-0.3, -0.25) is 0 Å². The Kier molecular flexibility index (Phi) is 7.69. The fourth-order valence-corrected chi connectivity index (χ4v) is 7.75. The molecule has 0 unspecified atom stereocenters. The van der Waals surface area contributed by atoms with E-state index in [1.807, 2.05) is 0 Å². The zero-order chi connectivity index (χ0) is 28.0. The highest BCUT2D eigenvalue weighted by molar-refractivity contribution is 7.94. The van der Waals surface area contributed by atoms with Crippen LogP contribution in [0.2, 0.25) is 5.02 Å². The molecule has 200 valence electrons. The van der Waals surface area contributed by atoms with Crippen molar-refractivity contribution < 1.29 is 42.8 Å². The molecular weight excluding hydrogens is 584 g/mol. The summed E-state index contributed by atoms with van der Waals surface area (Å²) < 4.78 is 130. The summed E-state index contributed by atoms with van der Waals surface area (Å²) in [7, 11) is -15.1. The van der Waals surface area contributed by atoms with Crippen LogP contribution < -0.4 is 10.5 Å². The molecular formula is C21H17ClF4N2O6S3. The van der Waals surface area contributed by atoms with Crippen LogP contribution in [0.25, 0.3) is 0 Å². The molecule has 0 aromatic heterocycles. The number of benzene rings is 3. The van der Waals surface area contributed by atoms with E-state index in [1.165, 1.54) is 4.72 Å². The average molecular weight is 601 g/mol. The Morgan fingerprint density at radius 3 is 2.00 bits per heavy atom. The highest BCUT2D eigenvalue weighted by Crippen LogP contribution is 2.36. The maximum atomic E-state index is 14.4. The van der Waals surface area contributed by atoms with Gasteiger partial charge in [-0.2, -0.15) is 13.2 Å². The predicted octanol–water partition coefficient (Wildman–Crippen LogP) is 4.23. The lowest BCUT2D eigenvalue weighted by Crippen LogP contribution is -2.37. The van der Waals surface area contributed by atoms with Gasteiger partial charge in [-0.05, 0) is 55.0 Å². The SMILES string of the molecule is C[C@H](NS(=O)(=O)C(F)(F)F)c1ccc(S(=O)(=O)c2ccc(Cl)cc2S(=O)(=O)c2c(N)cccc2F)cc1. The molecule has 0 aliphatic heterocycles. The van der Waals surface area contributed by atoms with Crippen molar-refractivity contribution in [1.82, 2.24) is 4.72 Å². The van der Waals surface area contributed by atoms with Crippen LogP contribution >= 0.6 is 11.6 Å². The van der Waals surface area contributed by atoms with Crippen molar-refractivity contribution in [2.75, 3.05) is 5.73 Å². The smallest absolute Gasteiger partial charge is 0.398 e. The molecule has 0 fully saturated rings. The molecule has 0 bridgehead atoms. The average Bonchev–Trinajstić information content (AvgIpc) is 2.77. The van der Waals surface area contributed by atoms with Crippen LogP contribution in [-0.4, -0.2) is 30.8 Å². The predicted molar refractivity (Wildman–Crippen MR) is 126 cm³/mol. The topological polar surface area (TPSA) is 140 Å². The fourth-order valence-electron chi connectivity index (χ4n) is 3.26. The second kappa shape index (κ2) is 9.87. The number of nitrogens with one attached hydrogen (secondary N) is 1. The van der Waals surface area contributed by atoms with Gasteiger partial charge in [0, 0.05) is 11.1 Å². The van der Waals surface area contributed by atoms with Crippen molar-refractivity contribution >= 4 is 47.0 Å². The summed E-state index contributed by atoms with van der Waals surface area (Å²) in [5, 5.41) is -0.173. The minimum Gasteiger partial charge on any atom is -0.398 e. The van der Waals surface area contributed by atoms with E-state index in [0.29, 0.717) is 0 Å². The molecule has 37 heavy (non-hydrogen) atoms. The Morgan fingerprint density at radius 2 is 1.46 bits per heavy atom. The van der Waals surface area contributed by atoms with E-state index in [1.54, 1.807) is 0 Å². The normalized spacial score (nSPS) is 13.9. The van der Waals surface area contributed by atoms with Gasteiger partial charge in [-0.1, -0.05) is 29.8 Å². The highest BCUT2D eigenvalue weighted by Gasteiger charge is 2.46. The van der Waals surface area contributed by atoms with Gasteiger partial charge in [0.2, 0.25) is 19.7 Å². The summed E-state index contributed by atoms with van der Waals surface area (Å²) in [5.41, 5.74) is -0.393.